The average Bonchev–Trinajstić information content (AvgIpc) is 3.19. The highest BCUT2D eigenvalue weighted by Crippen LogP contribution is 2.42. The molecule has 1 saturated heterocycles. The number of pyridine rings is 1. The number of rotatable bonds is 6. The van der Waals surface area contributed by atoms with Crippen LogP contribution in [0.15, 0.2) is 27.9 Å². The molecule has 0 radical (unpaired) electrons. The number of hydrogen-bond donors (Lipinski definition) is 2. The number of hydrogen-bond acceptors (Lipinski definition) is 8. The van der Waals surface area contributed by atoms with E-state index in [0.29, 0.717) is 48.6 Å². The molecule has 0 unspecified atom stereocenters. The number of primary amides is 1. The number of benzene rings is 1. The Morgan fingerprint density at radius 2 is 1.94 bits per heavy atom. The number of aromatic amines is 1. The number of nitrogens with zero attached hydrogens (tertiary/aromatic N) is 2. The van der Waals surface area contributed by atoms with E-state index in [1.165, 1.54) is 27.5 Å². The number of piperidine rings is 1. The Hall–Kier alpha value is -2.54. The molecule has 12 heteroatoms. The van der Waals surface area contributed by atoms with Crippen molar-refractivity contribution in [3.63, 3.8) is 0 Å². The highest BCUT2D eigenvalue weighted by atomic mass is 32.2. The van der Waals surface area contributed by atoms with Gasteiger partial charge in [-0.05, 0) is 44.2 Å². The zero-order chi connectivity index (χ0) is 23.9. The monoisotopic (exact) mass is 494 g/mol. The molecule has 178 valence electrons. The minimum absolute atomic E-state index is 0.136. The Kier molecular flexibility index (Phi) is 6.45. The number of nitrogens with one attached hydrogen (secondary N) is 1. The standard InChI is InChI=1S/C21H26N4O6S2/c1-12-10-18(32-2)16(21(27)23-12)11-15-14(20(22)26)4-5-17-19(15)31-25(30-17)13-6-8-24(9-7-13)33(3,28)29/h4-5,10,13H,6-9,11H2,1-3H3,(H2,22,26)(H,23,27). The molecule has 0 atom stereocenters. The smallest absolute Gasteiger partial charge is 0.252 e. The Balaban J connectivity index is 1.64. The van der Waals surface area contributed by atoms with Crippen LogP contribution in [-0.2, 0) is 16.4 Å². The normalized spacial score (nSPS) is 17.4. The van der Waals surface area contributed by atoms with Gasteiger partial charge in [0, 0.05) is 52.0 Å². The summed E-state index contributed by atoms with van der Waals surface area (Å²) >= 11 is 1.44. The Bertz CT molecular complexity index is 1250. The number of aromatic nitrogens is 1. The number of carbonyl (C=O) groups is 1. The lowest BCUT2D eigenvalue weighted by Gasteiger charge is -2.32. The highest BCUT2D eigenvalue weighted by molar-refractivity contribution is 7.98. The number of carbonyl (C=O) groups excluding carboxylic acids is 1. The van der Waals surface area contributed by atoms with Gasteiger partial charge in [0.2, 0.25) is 21.7 Å². The summed E-state index contributed by atoms with van der Waals surface area (Å²) in [6.07, 6.45) is 4.25. The maximum absolute atomic E-state index is 12.7. The molecule has 2 aliphatic heterocycles. The van der Waals surface area contributed by atoms with Gasteiger partial charge in [-0.15, -0.1) is 11.8 Å². The first-order valence-corrected chi connectivity index (χ1v) is 13.5. The third kappa shape index (κ3) is 4.74. The number of hydroxylamine groups is 2. The number of sulfonamides is 1. The van der Waals surface area contributed by atoms with Gasteiger partial charge in [0.1, 0.15) is 0 Å². The van der Waals surface area contributed by atoms with E-state index in [-0.39, 0.29) is 23.6 Å². The Labute approximate surface area is 196 Å². The molecule has 3 heterocycles. The van der Waals surface area contributed by atoms with Gasteiger partial charge in [-0.3, -0.25) is 9.59 Å². The maximum Gasteiger partial charge on any atom is 0.252 e. The molecule has 1 aromatic heterocycles. The average molecular weight is 495 g/mol. The van der Waals surface area contributed by atoms with Gasteiger partial charge in [-0.2, -0.15) is 0 Å². The first-order chi connectivity index (χ1) is 15.6. The number of aryl methyl sites for hydroxylation is 1. The number of nitrogens with two attached hydrogens (primary N) is 1. The lowest BCUT2D eigenvalue weighted by Crippen LogP contribution is -2.47. The molecule has 0 bridgehead atoms. The quantitative estimate of drug-likeness (QED) is 0.576. The maximum atomic E-state index is 12.7. The summed E-state index contributed by atoms with van der Waals surface area (Å²) in [6.45, 7) is 2.53. The molecule has 33 heavy (non-hydrogen) atoms. The van der Waals surface area contributed by atoms with Crippen LogP contribution in [0, 0.1) is 6.92 Å². The van der Waals surface area contributed by atoms with E-state index in [2.05, 4.69) is 4.98 Å². The minimum Gasteiger partial charge on any atom is -0.367 e. The van der Waals surface area contributed by atoms with E-state index in [4.69, 9.17) is 15.4 Å². The van der Waals surface area contributed by atoms with Gasteiger partial charge in [-0.1, -0.05) is 0 Å². The van der Waals surface area contributed by atoms with Crippen molar-refractivity contribution in [2.45, 2.75) is 37.1 Å². The van der Waals surface area contributed by atoms with E-state index in [1.807, 2.05) is 19.2 Å². The van der Waals surface area contributed by atoms with Crippen molar-refractivity contribution in [2.24, 2.45) is 5.73 Å². The van der Waals surface area contributed by atoms with Crippen LogP contribution < -0.4 is 21.0 Å². The minimum atomic E-state index is -3.25. The van der Waals surface area contributed by atoms with Crippen molar-refractivity contribution < 1.29 is 22.9 Å². The van der Waals surface area contributed by atoms with E-state index in [9.17, 15) is 18.0 Å². The van der Waals surface area contributed by atoms with Crippen LogP contribution in [0.1, 0.15) is 40.0 Å². The van der Waals surface area contributed by atoms with Crippen LogP contribution in [0.4, 0.5) is 0 Å². The van der Waals surface area contributed by atoms with Crippen LogP contribution in [0.5, 0.6) is 11.5 Å². The number of amides is 1. The van der Waals surface area contributed by atoms with Crippen molar-refractivity contribution in [3.05, 3.63) is 50.9 Å². The van der Waals surface area contributed by atoms with Crippen LogP contribution >= 0.6 is 11.8 Å². The molecular weight excluding hydrogens is 468 g/mol. The van der Waals surface area contributed by atoms with Crippen LogP contribution in [0.25, 0.3) is 0 Å². The van der Waals surface area contributed by atoms with Crippen LogP contribution in [0.2, 0.25) is 0 Å². The number of thioether (sulfide) groups is 1. The fourth-order valence-corrected chi connectivity index (χ4v) is 5.72. The van der Waals surface area contributed by atoms with Crippen molar-refractivity contribution >= 4 is 27.7 Å². The van der Waals surface area contributed by atoms with Gasteiger partial charge in [-0.25, -0.2) is 12.7 Å². The predicted octanol–water partition coefficient (Wildman–Crippen LogP) is 1.42. The molecule has 2 aromatic rings. The Morgan fingerprint density at radius 3 is 2.55 bits per heavy atom. The largest absolute Gasteiger partial charge is 0.367 e. The van der Waals surface area contributed by atoms with Crippen molar-refractivity contribution in [3.8, 4) is 11.5 Å². The second kappa shape index (κ2) is 9.01. The zero-order valence-electron chi connectivity index (χ0n) is 18.6. The lowest BCUT2D eigenvalue weighted by atomic mass is 9.98. The van der Waals surface area contributed by atoms with Gasteiger partial charge < -0.3 is 20.4 Å². The summed E-state index contributed by atoms with van der Waals surface area (Å²) in [7, 11) is -3.25. The molecule has 0 saturated carbocycles. The molecule has 10 nitrogen and oxygen atoms in total. The third-order valence-electron chi connectivity index (χ3n) is 5.85. The topological polar surface area (TPSA) is 135 Å². The molecule has 3 N–H and O–H groups in total. The van der Waals surface area contributed by atoms with Crippen molar-refractivity contribution in [1.29, 1.82) is 0 Å². The molecule has 1 fully saturated rings. The molecule has 1 aromatic carbocycles. The molecular formula is C21H26N4O6S2. The Morgan fingerprint density at radius 1 is 1.24 bits per heavy atom. The van der Waals surface area contributed by atoms with Gasteiger partial charge in [0.25, 0.3) is 5.56 Å². The summed E-state index contributed by atoms with van der Waals surface area (Å²) in [5.74, 6) is 0.115. The summed E-state index contributed by atoms with van der Waals surface area (Å²) < 4.78 is 25.0. The van der Waals surface area contributed by atoms with Gasteiger partial charge in [0.05, 0.1) is 12.3 Å². The fraction of sp³-hybridized carbons (Fsp3) is 0.429. The molecule has 1 amide bonds. The molecule has 0 spiro atoms. The van der Waals surface area contributed by atoms with E-state index in [1.54, 1.807) is 12.1 Å². The fourth-order valence-electron chi connectivity index (χ4n) is 4.14. The van der Waals surface area contributed by atoms with E-state index in [0.717, 1.165) is 10.6 Å². The summed E-state index contributed by atoms with van der Waals surface area (Å²) in [5.41, 5.74) is 7.36. The number of fused-ring (bicyclic) bond motifs is 1. The highest BCUT2D eigenvalue weighted by Gasteiger charge is 2.37. The van der Waals surface area contributed by atoms with E-state index < -0.39 is 15.9 Å². The summed E-state index contributed by atoms with van der Waals surface area (Å²) in [4.78, 5) is 40.4. The predicted molar refractivity (Wildman–Crippen MR) is 124 cm³/mol. The third-order valence-corrected chi connectivity index (χ3v) is 7.96. The summed E-state index contributed by atoms with van der Waals surface area (Å²) in [6, 6.07) is 4.88. The van der Waals surface area contributed by atoms with Crippen molar-refractivity contribution in [2.75, 3.05) is 25.6 Å². The van der Waals surface area contributed by atoms with Gasteiger partial charge in [0.15, 0.2) is 5.75 Å². The SMILES string of the molecule is CSc1cc(C)[nH]c(=O)c1Cc1c(C(N)=O)ccc2c1ON(C1CCN(S(C)(=O)=O)CC1)O2. The van der Waals surface area contributed by atoms with Crippen LogP contribution in [-0.4, -0.2) is 60.5 Å². The lowest BCUT2D eigenvalue weighted by molar-refractivity contribution is -0.259. The second-order valence-corrected chi connectivity index (χ2v) is 11.0. The summed E-state index contributed by atoms with van der Waals surface area (Å²) in [5, 5.41) is 1.35. The molecule has 2 aliphatic rings. The zero-order valence-corrected chi connectivity index (χ0v) is 20.2. The first-order valence-electron chi connectivity index (χ1n) is 10.4. The van der Waals surface area contributed by atoms with Gasteiger partial charge >= 0.3 is 0 Å². The van der Waals surface area contributed by atoms with E-state index >= 15 is 0 Å². The number of H-pyrrole nitrogens is 1. The van der Waals surface area contributed by atoms with Crippen molar-refractivity contribution in [1.82, 2.24) is 14.5 Å². The van der Waals surface area contributed by atoms with Crippen LogP contribution in [0.3, 0.4) is 0 Å². The first kappa shape index (κ1) is 23.6. The second-order valence-electron chi connectivity index (χ2n) is 8.15. The molecule has 4 rings (SSSR count). The molecule has 0 aliphatic carbocycles.